The molecule has 1 atom stereocenters. The van der Waals surface area contributed by atoms with Crippen LogP contribution in [-0.2, 0) is 0 Å². The molecule has 1 unspecified atom stereocenters. The predicted molar refractivity (Wildman–Crippen MR) is 86.5 cm³/mol. The van der Waals surface area contributed by atoms with E-state index in [9.17, 15) is 4.39 Å². The largest absolute Gasteiger partial charge is 0.497 e. The fourth-order valence-corrected chi connectivity index (χ4v) is 3.12. The molecule has 0 heterocycles. The van der Waals surface area contributed by atoms with Crippen LogP contribution in [0.15, 0.2) is 53.4 Å². The molecule has 0 aliphatic rings. The molecule has 2 aromatic rings. The molecule has 112 valence electrons. The third kappa shape index (κ3) is 4.48. The van der Waals surface area contributed by atoms with Crippen molar-refractivity contribution in [1.82, 2.24) is 5.32 Å². The zero-order valence-electron chi connectivity index (χ0n) is 12.3. The van der Waals surface area contributed by atoms with Crippen molar-refractivity contribution in [3.05, 3.63) is 59.9 Å². The molecule has 2 rings (SSSR count). The van der Waals surface area contributed by atoms with Crippen LogP contribution in [0.25, 0.3) is 0 Å². The van der Waals surface area contributed by atoms with Crippen LogP contribution in [0.2, 0.25) is 0 Å². The molecule has 0 aliphatic carbocycles. The normalized spacial score (nSPS) is 12.1. The summed E-state index contributed by atoms with van der Waals surface area (Å²) in [4.78, 5) is 1.19. The summed E-state index contributed by atoms with van der Waals surface area (Å²) in [5.74, 6) is 1.09. The Kier molecular flexibility index (Phi) is 6.08. The lowest BCUT2D eigenvalue weighted by Gasteiger charge is -2.19. The summed E-state index contributed by atoms with van der Waals surface area (Å²) in [6.45, 7) is 2.83. The van der Waals surface area contributed by atoms with E-state index in [1.54, 1.807) is 31.0 Å². The maximum absolute atomic E-state index is 14.2. The summed E-state index contributed by atoms with van der Waals surface area (Å²) in [5.41, 5.74) is 0.682. The first-order chi connectivity index (χ1) is 10.2. The van der Waals surface area contributed by atoms with E-state index in [1.807, 2.05) is 25.1 Å². The summed E-state index contributed by atoms with van der Waals surface area (Å²) < 4.78 is 19.3. The van der Waals surface area contributed by atoms with E-state index < -0.39 is 0 Å². The molecule has 0 aliphatic heterocycles. The van der Waals surface area contributed by atoms with E-state index in [0.29, 0.717) is 11.3 Å². The van der Waals surface area contributed by atoms with Crippen molar-refractivity contribution in [1.29, 1.82) is 0 Å². The molecule has 0 saturated heterocycles. The van der Waals surface area contributed by atoms with Crippen LogP contribution in [-0.4, -0.2) is 19.4 Å². The number of halogens is 1. The molecule has 4 heteroatoms. The van der Waals surface area contributed by atoms with Crippen LogP contribution >= 0.6 is 11.8 Å². The minimum Gasteiger partial charge on any atom is -0.497 e. The summed E-state index contributed by atoms with van der Waals surface area (Å²) in [7, 11) is 1.54. The molecule has 21 heavy (non-hydrogen) atoms. The van der Waals surface area contributed by atoms with Crippen molar-refractivity contribution in [2.45, 2.75) is 17.9 Å². The van der Waals surface area contributed by atoms with Gasteiger partial charge in [-0.05, 0) is 24.7 Å². The third-order valence-electron chi connectivity index (χ3n) is 3.19. The van der Waals surface area contributed by atoms with Gasteiger partial charge >= 0.3 is 0 Å². The zero-order valence-corrected chi connectivity index (χ0v) is 13.1. The molecule has 2 aromatic carbocycles. The first-order valence-electron chi connectivity index (χ1n) is 6.99. The molecule has 0 saturated carbocycles. The van der Waals surface area contributed by atoms with Gasteiger partial charge in [0, 0.05) is 28.3 Å². The van der Waals surface area contributed by atoms with Gasteiger partial charge in [0.15, 0.2) is 0 Å². The lowest BCUT2D eigenvalue weighted by Crippen LogP contribution is -2.24. The zero-order chi connectivity index (χ0) is 15.1. The molecule has 0 radical (unpaired) electrons. The standard InChI is InChI=1S/C17H20FNOS/c1-3-19-17(12-21-14-7-5-4-6-8-14)15-10-9-13(20-2)11-16(15)18/h4-11,17,19H,3,12H2,1-2H3. The number of ether oxygens (including phenoxy) is 1. The Hall–Kier alpha value is -1.52. The highest BCUT2D eigenvalue weighted by atomic mass is 32.2. The van der Waals surface area contributed by atoms with Crippen molar-refractivity contribution < 1.29 is 9.13 Å². The monoisotopic (exact) mass is 305 g/mol. The van der Waals surface area contributed by atoms with Crippen LogP contribution < -0.4 is 10.1 Å². The minimum absolute atomic E-state index is 0.0221. The highest BCUT2D eigenvalue weighted by Gasteiger charge is 2.16. The second kappa shape index (κ2) is 8.05. The quantitative estimate of drug-likeness (QED) is 0.772. The predicted octanol–water partition coefficient (Wildman–Crippen LogP) is 4.28. The second-order valence-electron chi connectivity index (χ2n) is 4.62. The molecule has 0 spiro atoms. The van der Waals surface area contributed by atoms with Crippen molar-refractivity contribution in [3.63, 3.8) is 0 Å². The van der Waals surface area contributed by atoms with E-state index in [-0.39, 0.29) is 11.9 Å². The highest BCUT2D eigenvalue weighted by molar-refractivity contribution is 7.99. The molecular weight excluding hydrogens is 285 g/mol. The topological polar surface area (TPSA) is 21.3 Å². The Morgan fingerprint density at radius 2 is 1.95 bits per heavy atom. The van der Waals surface area contributed by atoms with E-state index in [0.717, 1.165) is 12.3 Å². The van der Waals surface area contributed by atoms with Crippen LogP contribution in [0.5, 0.6) is 5.75 Å². The smallest absolute Gasteiger partial charge is 0.131 e. The summed E-state index contributed by atoms with van der Waals surface area (Å²) in [5, 5.41) is 3.35. The Morgan fingerprint density at radius 1 is 1.19 bits per heavy atom. The fourth-order valence-electron chi connectivity index (χ4n) is 2.12. The highest BCUT2D eigenvalue weighted by Crippen LogP contribution is 2.27. The van der Waals surface area contributed by atoms with Gasteiger partial charge in [-0.15, -0.1) is 11.8 Å². The summed E-state index contributed by atoms with van der Waals surface area (Å²) in [6.07, 6.45) is 0. The Morgan fingerprint density at radius 3 is 2.57 bits per heavy atom. The van der Waals surface area contributed by atoms with Gasteiger partial charge in [0.05, 0.1) is 7.11 Å². The molecule has 0 fully saturated rings. The van der Waals surface area contributed by atoms with Crippen LogP contribution in [0, 0.1) is 5.82 Å². The summed E-state index contributed by atoms with van der Waals surface area (Å²) >= 11 is 1.72. The number of hydrogen-bond donors (Lipinski definition) is 1. The van der Waals surface area contributed by atoms with Crippen molar-refractivity contribution in [2.75, 3.05) is 19.4 Å². The van der Waals surface area contributed by atoms with Gasteiger partial charge in [-0.3, -0.25) is 0 Å². The van der Waals surface area contributed by atoms with Crippen molar-refractivity contribution >= 4 is 11.8 Å². The van der Waals surface area contributed by atoms with Gasteiger partial charge < -0.3 is 10.1 Å². The third-order valence-corrected chi connectivity index (χ3v) is 4.30. The lowest BCUT2D eigenvalue weighted by molar-refractivity contribution is 0.409. The van der Waals surface area contributed by atoms with Crippen molar-refractivity contribution in [2.24, 2.45) is 0 Å². The van der Waals surface area contributed by atoms with E-state index in [2.05, 4.69) is 17.4 Å². The van der Waals surface area contributed by atoms with E-state index in [4.69, 9.17) is 4.74 Å². The number of hydrogen-bond acceptors (Lipinski definition) is 3. The first-order valence-corrected chi connectivity index (χ1v) is 7.97. The van der Waals surface area contributed by atoms with Crippen molar-refractivity contribution in [3.8, 4) is 5.75 Å². The lowest BCUT2D eigenvalue weighted by atomic mass is 10.1. The number of thioether (sulfide) groups is 1. The first kappa shape index (κ1) is 15.9. The molecular formula is C17H20FNOS. The van der Waals surface area contributed by atoms with Gasteiger partial charge in [-0.25, -0.2) is 4.39 Å². The maximum atomic E-state index is 14.2. The molecule has 0 amide bonds. The van der Waals surface area contributed by atoms with Gasteiger partial charge in [-0.1, -0.05) is 31.2 Å². The average molecular weight is 305 g/mol. The molecule has 1 N–H and O–H groups in total. The van der Waals surface area contributed by atoms with Gasteiger partial charge in [0.25, 0.3) is 0 Å². The van der Waals surface area contributed by atoms with Crippen LogP contribution in [0.3, 0.4) is 0 Å². The number of methoxy groups -OCH3 is 1. The number of rotatable bonds is 7. The van der Waals surface area contributed by atoms with Gasteiger partial charge in [0.2, 0.25) is 0 Å². The second-order valence-corrected chi connectivity index (χ2v) is 5.72. The van der Waals surface area contributed by atoms with Gasteiger partial charge in [-0.2, -0.15) is 0 Å². The fraction of sp³-hybridized carbons (Fsp3) is 0.294. The van der Waals surface area contributed by atoms with Crippen LogP contribution in [0.1, 0.15) is 18.5 Å². The number of benzene rings is 2. The number of nitrogens with one attached hydrogen (secondary N) is 1. The van der Waals surface area contributed by atoms with E-state index >= 15 is 0 Å². The molecule has 0 aromatic heterocycles. The van der Waals surface area contributed by atoms with Gasteiger partial charge in [0.1, 0.15) is 11.6 Å². The molecule has 0 bridgehead atoms. The Balaban J connectivity index is 2.11. The SMILES string of the molecule is CCNC(CSc1ccccc1)c1ccc(OC)cc1F. The Bertz CT molecular complexity index is 562. The molecule has 2 nitrogen and oxygen atoms in total. The average Bonchev–Trinajstić information content (AvgIpc) is 2.52. The minimum atomic E-state index is -0.228. The summed E-state index contributed by atoms with van der Waals surface area (Å²) in [6, 6.07) is 15.2. The van der Waals surface area contributed by atoms with Crippen LogP contribution in [0.4, 0.5) is 4.39 Å². The maximum Gasteiger partial charge on any atom is 0.131 e. The van der Waals surface area contributed by atoms with E-state index in [1.165, 1.54) is 11.0 Å². The Labute approximate surface area is 129 Å².